The molecule has 0 N–H and O–H groups in total. The highest BCUT2D eigenvalue weighted by Crippen LogP contribution is 2.45. The number of pyridine rings is 1. The van der Waals surface area contributed by atoms with Crippen LogP contribution in [0.4, 0.5) is 5.69 Å². The standard InChI is InChI=1S/C26H35N5O2S/c1-19-6-5-12-31(13-10-19)34(32,33)25-8-7-24(22-15-27-11-9-21(22)25)30-17-23(26(2,3)18-30)20-14-28-29(4)16-20/h7-9,11,14-16,19,23H,5-6,10,12-13,17-18H2,1-4H3. The molecule has 2 aliphatic rings. The molecule has 0 amide bonds. The average molecular weight is 482 g/mol. The van der Waals surface area contributed by atoms with Crippen molar-refractivity contribution in [1.82, 2.24) is 19.1 Å². The molecular weight excluding hydrogens is 446 g/mol. The van der Waals surface area contributed by atoms with Gasteiger partial charge in [0.15, 0.2) is 0 Å². The van der Waals surface area contributed by atoms with E-state index in [-0.39, 0.29) is 5.41 Å². The van der Waals surface area contributed by atoms with Crippen LogP contribution in [0.3, 0.4) is 0 Å². The Morgan fingerprint density at radius 1 is 1.06 bits per heavy atom. The minimum Gasteiger partial charge on any atom is -0.370 e. The monoisotopic (exact) mass is 481 g/mol. The molecule has 2 atom stereocenters. The van der Waals surface area contributed by atoms with E-state index in [4.69, 9.17) is 0 Å². The van der Waals surface area contributed by atoms with Crippen LogP contribution in [-0.2, 0) is 17.1 Å². The number of aromatic nitrogens is 3. The minimum absolute atomic E-state index is 0.0606. The number of hydrogen-bond acceptors (Lipinski definition) is 5. The summed E-state index contributed by atoms with van der Waals surface area (Å²) in [6.45, 7) is 9.72. The molecule has 2 aromatic heterocycles. The second-order valence-corrected chi connectivity index (χ2v) is 12.7. The average Bonchev–Trinajstić information content (AvgIpc) is 3.27. The fourth-order valence-electron chi connectivity index (χ4n) is 5.76. The van der Waals surface area contributed by atoms with Gasteiger partial charge in [0, 0.05) is 74.2 Å². The van der Waals surface area contributed by atoms with Crippen molar-refractivity contribution in [3.05, 3.63) is 48.5 Å². The van der Waals surface area contributed by atoms with E-state index in [9.17, 15) is 8.42 Å². The minimum atomic E-state index is -3.57. The van der Waals surface area contributed by atoms with Gasteiger partial charge in [-0.1, -0.05) is 20.8 Å². The molecule has 0 radical (unpaired) electrons. The molecular formula is C26H35N5O2S. The SMILES string of the molecule is CC1CCCN(S(=O)(=O)c2ccc(N3CC(c4cnn(C)c4)C(C)(C)C3)c3cnccc23)CC1. The van der Waals surface area contributed by atoms with Crippen LogP contribution in [0, 0.1) is 11.3 Å². The zero-order chi connectivity index (χ0) is 24.1. The quantitative estimate of drug-likeness (QED) is 0.552. The maximum Gasteiger partial charge on any atom is 0.243 e. The lowest BCUT2D eigenvalue weighted by atomic mass is 9.79. The molecule has 0 bridgehead atoms. The molecule has 0 saturated carbocycles. The van der Waals surface area contributed by atoms with Crippen molar-refractivity contribution < 1.29 is 8.42 Å². The van der Waals surface area contributed by atoms with E-state index in [1.54, 1.807) is 10.5 Å². The van der Waals surface area contributed by atoms with Crippen LogP contribution in [0.5, 0.6) is 0 Å². The molecule has 34 heavy (non-hydrogen) atoms. The van der Waals surface area contributed by atoms with Crippen molar-refractivity contribution in [2.45, 2.75) is 50.8 Å². The zero-order valence-corrected chi connectivity index (χ0v) is 21.4. The van der Waals surface area contributed by atoms with Gasteiger partial charge >= 0.3 is 0 Å². The van der Waals surface area contributed by atoms with E-state index in [1.807, 2.05) is 42.3 Å². The van der Waals surface area contributed by atoms with Crippen molar-refractivity contribution >= 4 is 26.5 Å². The maximum atomic E-state index is 13.7. The van der Waals surface area contributed by atoms with Gasteiger partial charge in [-0.15, -0.1) is 0 Å². The highest BCUT2D eigenvalue weighted by molar-refractivity contribution is 7.89. The van der Waals surface area contributed by atoms with Gasteiger partial charge in [0.25, 0.3) is 0 Å². The van der Waals surface area contributed by atoms with E-state index in [1.165, 1.54) is 5.56 Å². The molecule has 2 saturated heterocycles. The Hall–Kier alpha value is -2.45. The van der Waals surface area contributed by atoms with Gasteiger partial charge in [-0.25, -0.2) is 8.42 Å². The Balaban J connectivity index is 1.52. The third-order valence-electron chi connectivity index (χ3n) is 7.76. The van der Waals surface area contributed by atoms with E-state index >= 15 is 0 Å². The van der Waals surface area contributed by atoms with Gasteiger partial charge in [-0.2, -0.15) is 9.40 Å². The third-order valence-corrected chi connectivity index (χ3v) is 9.72. The Morgan fingerprint density at radius 3 is 2.65 bits per heavy atom. The van der Waals surface area contributed by atoms with Gasteiger partial charge in [0.1, 0.15) is 0 Å². The predicted molar refractivity (Wildman–Crippen MR) is 135 cm³/mol. The van der Waals surface area contributed by atoms with Crippen LogP contribution in [-0.4, -0.2) is 53.7 Å². The summed E-state index contributed by atoms with van der Waals surface area (Å²) in [4.78, 5) is 7.15. The normalized spacial score (nSPS) is 23.9. The smallest absolute Gasteiger partial charge is 0.243 e. The lowest BCUT2D eigenvalue weighted by molar-refractivity contribution is 0.365. The first-order valence-corrected chi connectivity index (χ1v) is 13.7. The van der Waals surface area contributed by atoms with Crippen molar-refractivity contribution in [3.8, 4) is 0 Å². The van der Waals surface area contributed by atoms with E-state index in [2.05, 4.69) is 42.0 Å². The van der Waals surface area contributed by atoms with Crippen LogP contribution in [0.2, 0.25) is 0 Å². The van der Waals surface area contributed by atoms with Gasteiger partial charge in [-0.05, 0) is 54.4 Å². The Bertz CT molecular complexity index is 1300. The number of anilines is 1. The van der Waals surface area contributed by atoms with Crippen molar-refractivity contribution in [2.75, 3.05) is 31.1 Å². The van der Waals surface area contributed by atoms with E-state index in [0.717, 1.165) is 48.8 Å². The molecule has 3 aromatic rings. The van der Waals surface area contributed by atoms with Crippen LogP contribution >= 0.6 is 0 Å². The number of hydrogen-bond donors (Lipinski definition) is 0. The summed E-state index contributed by atoms with van der Waals surface area (Å²) in [7, 11) is -1.62. The molecule has 2 unspecified atom stereocenters. The maximum absolute atomic E-state index is 13.7. The first-order chi connectivity index (χ1) is 16.2. The molecule has 1 aromatic carbocycles. The molecule has 0 spiro atoms. The molecule has 0 aliphatic carbocycles. The van der Waals surface area contributed by atoms with Crippen molar-refractivity contribution in [1.29, 1.82) is 0 Å². The van der Waals surface area contributed by atoms with Crippen LogP contribution in [0.15, 0.2) is 47.9 Å². The topological polar surface area (TPSA) is 71.3 Å². The summed E-state index contributed by atoms with van der Waals surface area (Å²) in [5.74, 6) is 0.908. The van der Waals surface area contributed by atoms with Crippen molar-refractivity contribution in [3.63, 3.8) is 0 Å². The summed E-state index contributed by atoms with van der Waals surface area (Å²) >= 11 is 0. The highest BCUT2D eigenvalue weighted by atomic mass is 32.2. The third kappa shape index (κ3) is 4.11. The Morgan fingerprint density at radius 2 is 1.88 bits per heavy atom. The first kappa shape index (κ1) is 23.3. The summed E-state index contributed by atoms with van der Waals surface area (Å²) in [5, 5.41) is 6.04. The summed E-state index contributed by atoms with van der Waals surface area (Å²) in [5.41, 5.74) is 2.35. The van der Waals surface area contributed by atoms with E-state index in [0.29, 0.717) is 29.8 Å². The second kappa shape index (κ2) is 8.64. The molecule has 5 rings (SSSR count). The van der Waals surface area contributed by atoms with Crippen LogP contribution < -0.4 is 4.90 Å². The molecule has 182 valence electrons. The largest absolute Gasteiger partial charge is 0.370 e. The number of benzene rings is 1. The first-order valence-electron chi connectivity index (χ1n) is 12.3. The lowest BCUT2D eigenvalue weighted by Crippen LogP contribution is -2.32. The zero-order valence-electron chi connectivity index (χ0n) is 20.6. The summed E-state index contributed by atoms with van der Waals surface area (Å²) in [6, 6.07) is 5.65. The fraction of sp³-hybridized carbons (Fsp3) is 0.538. The molecule has 4 heterocycles. The molecule has 7 nitrogen and oxygen atoms in total. The summed E-state index contributed by atoms with van der Waals surface area (Å²) < 4.78 is 31.0. The number of fused-ring (bicyclic) bond motifs is 1. The highest BCUT2D eigenvalue weighted by Gasteiger charge is 2.41. The Labute approximate surface area is 202 Å². The van der Waals surface area contributed by atoms with Gasteiger partial charge in [0.2, 0.25) is 10.0 Å². The van der Waals surface area contributed by atoms with E-state index < -0.39 is 10.0 Å². The number of nitrogens with zero attached hydrogens (tertiary/aromatic N) is 5. The van der Waals surface area contributed by atoms with Gasteiger partial charge in [0.05, 0.1) is 11.1 Å². The summed E-state index contributed by atoms with van der Waals surface area (Å²) in [6.07, 6.45) is 10.5. The van der Waals surface area contributed by atoms with Gasteiger partial charge in [-0.3, -0.25) is 9.67 Å². The Kier molecular flexibility index (Phi) is 5.92. The number of rotatable bonds is 4. The lowest BCUT2D eigenvalue weighted by Gasteiger charge is -2.25. The molecule has 2 aliphatic heterocycles. The number of aryl methyl sites for hydroxylation is 1. The molecule has 8 heteroatoms. The number of sulfonamides is 1. The predicted octanol–water partition coefficient (Wildman–Crippen LogP) is 4.41. The van der Waals surface area contributed by atoms with Gasteiger partial charge < -0.3 is 4.90 Å². The van der Waals surface area contributed by atoms with Crippen molar-refractivity contribution in [2.24, 2.45) is 18.4 Å². The van der Waals surface area contributed by atoms with Crippen LogP contribution in [0.1, 0.15) is 51.5 Å². The van der Waals surface area contributed by atoms with Crippen LogP contribution in [0.25, 0.3) is 10.8 Å². The fourth-order valence-corrected chi connectivity index (χ4v) is 7.45. The second-order valence-electron chi connectivity index (χ2n) is 10.8. The molecule has 2 fully saturated rings.